The highest BCUT2D eigenvalue weighted by atomic mass is 16.6. The van der Waals surface area contributed by atoms with E-state index in [1.165, 1.54) is 0 Å². The van der Waals surface area contributed by atoms with Gasteiger partial charge in [0.05, 0.1) is 13.0 Å². The third-order valence-corrected chi connectivity index (χ3v) is 7.11. The lowest BCUT2D eigenvalue weighted by Gasteiger charge is -2.37. The van der Waals surface area contributed by atoms with Crippen molar-refractivity contribution in [2.24, 2.45) is 11.8 Å². The van der Waals surface area contributed by atoms with Crippen molar-refractivity contribution in [3.05, 3.63) is 34.9 Å². The molecule has 3 amide bonds. The van der Waals surface area contributed by atoms with Gasteiger partial charge in [0.25, 0.3) is 0 Å². The molecule has 9 heteroatoms. The van der Waals surface area contributed by atoms with Crippen molar-refractivity contribution >= 4 is 23.9 Å². The van der Waals surface area contributed by atoms with Crippen molar-refractivity contribution < 1.29 is 28.7 Å². The maximum absolute atomic E-state index is 14.4. The number of hydrogen-bond acceptors (Lipinski definition) is 6. The monoisotopic (exact) mass is 545 g/mol. The lowest BCUT2D eigenvalue weighted by molar-refractivity contribution is -0.145. The van der Waals surface area contributed by atoms with E-state index < -0.39 is 29.7 Å². The number of nitrogens with one attached hydrogen (secondary N) is 2. The fourth-order valence-electron chi connectivity index (χ4n) is 4.72. The van der Waals surface area contributed by atoms with Gasteiger partial charge >= 0.3 is 12.1 Å². The highest BCUT2D eigenvalue weighted by Gasteiger charge is 2.49. The van der Waals surface area contributed by atoms with Gasteiger partial charge in [0, 0.05) is 12.6 Å². The second kappa shape index (κ2) is 13.8. The minimum Gasteiger partial charge on any atom is -0.466 e. The Bertz CT molecular complexity index is 1010. The molecule has 5 atom stereocenters. The summed E-state index contributed by atoms with van der Waals surface area (Å²) in [7, 11) is 0. The van der Waals surface area contributed by atoms with Gasteiger partial charge in [-0.1, -0.05) is 45.4 Å². The number of rotatable bonds is 12. The summed E-state index contributed by atoms with van der Waals surface area (Å²) in [5, 5.41) is 5.67. The van der Waals surface area contributed by atoms with Gasteiger partial charge in [-0.3, -0.25) is 14.4 Å². The maximum Gasteiger partial charge on any atom is 0.408 e. The molecule has 0 aromatic heterocycles. The summed E-state index contributed by atoms with van der Waals surface area (Å²) < 4.78 is 10.5. The van der Waals surface area contributed by atoms with E-state index in [4.69, 9.17) is 9.47 Å². The zero-order valence-electron chi connectivity index (χ0n) is 25.1. The van der Waals surface area contributed by atoms with Crippen molar-refractivity contribution in [1.82, 2.24) is 15.5 Å². The summed E-state index contributed by atoms with van der Waals surface area (Å²) in [6.07, 6.45) is 0.748. The molecule has 0 radical (unpaired) electrons. The summed E-state index contributed by atoms with van der Waals surface area (Å²) in [4.78, 5) is 54.6. The first-order valence-corrected chi connectivity index (χ1v) is 14.0. The fourth-order valence-corrected chi connectivity index (χ4v) is 4.72. The molecule has 1 aromatic carbocycles. The molecule has 2 rings (SSSR count). The molecule has 1 aliphatic carbocycles. The first-order chi connectivity index (χ1) is 18.2. The Morgan fingerprint density at radius 2 is 1.69 bits per heavy atom. The molecule has 218 valence electrons. The van der Waals surface area contributed by atoms with Gasteiger partial charge in [0.1, 0.15) is 17.7 Å². The number of ether oxygens (including phenoxy) is 2. The van der Waals surface area contributed by atoms with Crippen LogP contribution in [0.1, 0.15) is 90.5 Å². The quantitative estimate of drug-likeness (QED) is 0.372. The number of benzene rings is 1. The van der Waals surface area contributed by atoms with Gasteiger partial charge < -0.3 is 25.0 Å². The first kappa shape index (κ1) is 32.1. The van der Waals surface area contributed by atoms with Gasteiger partial charge in [-0.2, -0.15) is 0 Å². The molecule has 5 unspecified atom stereocenters. The van der Waals surface area contributed by atoms with E-state index >= 15 is 0 Å². The molecular weight excluding hydrogens is 498 g/mol. The molecule has 1 fully saturated rings. The molecule has 0 aliphatic heterocycles. The van der Waals surface area contributed by atoms with Crippen LogP contribution in [0.15, 0.2) is 18.2 Å². The predicted molar refractivity (Wildman–Crippen MR) is 150 cm³/mol. The minimum atomic E-state index is -0.928. The van der Waals surface area contributed by atoms with Gasteiger partial charge in [0.2, 0.25) is 11.8 Å². The standard InChI is InChI=1S/C30H47N3O6/c1-10-18(3)25(32-29(37)39-30(7,8)9)28(36)33(22-17-21(22)6)26(24-19(4)13-12-14-20(24)5)27(35)31-16-15-23(34)38-11-2/h12-14,18,21-22,25-26H,10-11,15-17H2,1-9H3,(H,31,35)(H,32,37). The second-order valence-electron chi connectivity index (χ2n) is 11.6. The zero-order chi connectivity index (χ0) is 29.5. The molecule has 2 N–H and O–H groups in total. The Morgan fingerprint density at radius 3 is 2.18 bits per heavy atom. The lowest BCUT2D eigenvalue weighted by Crippen LogP contribution is -2.56. The molecule has 9 nitrogen and oxygen atoms in total. The number of aryl methyl sites for hydroxylation is 2. The van der Waals surface area contributed by atoms with Crippen LogP contribution in [0.5, 0.6) is 0 Å². The van der Waals surface area contributed by atoms with Crippen molar-refractivity contribution in [3.63, 3.8) is 0 Å². The highest BCUT2D eigenvalue weighted by Crippen LogP contribution is 2.42. The number of esters is 1. The van der Waals surface area contributed by atoms with Gasteiger partial charge in [-0.25, -0.2) is 4.79 Å². The molecule has 1 aromatic rings. The number of nitrogens with zero attached hydrogens (tertiary/aromatic N) is 1. The van der Waals surface area contributed by atoms with Crippen LogP contribution < -0.4 is 10.6 Å². The first-order valence-electron chi connectivity index (χ1n) is 14.0. The Kier molecular flexibility index (Phi) is 11.4. The van der Waals surface area contributed by atoms with Crippen molar-refractivity contribution in [1.29, 1.82) is 0 Å². The van der Waals surface area contributed by atoms with Crippen LogP contribution in [0.4, 0.5) is 4.79 Å². The van der Waals surface area contributed by atoms with E-state index in [1.807, 2.05) is 52.8 Å². The number of carbonyl (C=O) groups is 4. The zero-order valence-corrected chi connectivity index (χ0v) is 25.1. The maximum atomic E-state index is 14.4. The van der Waals surface area contributed by atoms with E-state index in [9.17, 15) is 19.2 Å². The van der Waals surface area contributed by atoms with E-state index in [0.29, 0.717) is 6.42 Å². The van der Waals surface area contributed by atoms with Gasteiger partial charge in [-0.05, 0) is 76.5 Å². The smallest absolute Gasteiger partial charge is 0.408 e. The Morgan fingerprint density at radius 1 is 1.10 bits per heavy atom. The van der Waals surface area contributed by atoms with E-state index in [-0.39, 0.29) is 49.3 Å². The molecule has 0 heterocycles. The number of alkyl carbamates (subject to hydrolysis) is 1. The lowest BCUT2D eigenvalue weighted by atomic mass is 9.91. The average Bonchev–Trinajstić information content (AvgIpc) is 3.55. The fraction of sp³-hybridized carbons (Fsp3) is 0.667. The van der Waals surface area contributed by atoms with Crippen LogP contribution in [-0.2, 0) is 23.9 Å². The van der Waals surface area contributed by atoms with Crippen molar-refractivity contribution in [2.75, 3.05) is 13.2 Å². The molecule has 1 aliphatic rings. The Labute approximate surface area is 233 Å². The Balaban J connectivity index is 2.51. The van der Waals surface area contributed by atoms with Crippen LogP contribution in [0.3, 0.4) is 0 Å². The minimum absolute atomic E-state index is 0.0303. The van der Waals surface area contributed by atoms with Crippen LogP contribution in [0.25, 0.3) is 0 Å². The topological polar surface area (TPSA) is 114 Å². The van der Waals surface area contributed by atoms with E-state index in [1.54, 1.807) is 32.6 Å². The number of carbonyl (C=O) groups excluding carboxylic acids is 4. The average molecular weight is 546 g/mol. The molecule has 0 spiro atoms. The van der Waals surface area contributed by atoms with Crippen molar-refractivity contribution in [2.45, 2.75) is 105 Å². The van der Waals surface area contributed by atoms with Gasteiger partial charge in [-0.15, -0.1) is 0 Å². The summed E-state index contributed by atoms with van der Waals surface area (Å²) in [6, 6.07) is 3.79. The summed E-state index contributed by atoms with van der Waals surface area (Å²) in [6.45, 7) is 17.1. The van der Waals surface area contributed by atoms with Crippen LogP contribution >= 0.6 is 0 Å². The van der Waals surface area contributed by atoms with Crippen LogP contribution in [0, 0.1) is 25.7 Å². The Hall–Kier alpha value is -3.10. The van der Waals surface area contributed by atoms with E-state index in [2.05, 4.69) is 10.6 Å². The second-order valence-corrected chi connectivity index (χ2v) is 11.6. The predicted octanol–water partition coefficient (Wildman–Crippen LogP) is 4.59. The number of amides is 3. The van der Waals surface area contributed by atoms with E-state index in [0.717, 1.165) is 23.1 Å². The van der Waals surface area contributed by atoms with Crippen LogP contribution in [-0.4, -0.2) is 59.6 Å². The third kappa shape index (κ3) is 8.97. The molecule has 39 heavy (non-hydrogen) atoms. The summed E-state index contributed by atoms with van der Waals surface area (Å²) >= 11 is 0. The molecule has 0 bridgehead atoms. The third-order valence-electron chi connectivity index (χ3n) is 7.11. The highest BCUT2D eigenvalue weighted by molar-refractivity contribution is 5.93. The summed E-state index contributed by atoms with van der Waals surface area (Å²) in [5.41, 5.74) is 1.79. The van der Waals surface area contributed by atoms with Crippen molar-refractivity contribution in [3.8, 4) is 0 Å². The van der Waals surface area contributed by atoms with Gasteiger partial charge in [0.15, 0.2) is 0 Å². The summed E-state index contributed by atoms with van der Waals surface area (Å²) in [5.74, 6) is -1.09. The molecule has 0 saturated heterocycles. The molecule has 1 saturated carbocycles. The van der Waals surface area contributed by atoms with Crippen LogP contribution in [0.2, 0.25) is 0 Å². The largest absolute Gasteiger partial charge is 0.466 e. The SMILES string of the molecule is CCOC(=O)CCNC(=O)C(c1c(C)cccc1C)N(C(=O)C(NC(=O)OC(C)(C)C)C(C)CC)C1CC1C. The number of hydrogen-bond donors (Lipinski definition) is 2. The normalized spacial score (nSPS) is 18.8. The molecular formula is C30H47N3O6.